The largest absolute Gasteiger partial charge is 0.299 e. The summed E-state index contributed by atoms with van der Waals surface area (Å²) in [4.78, 5) is 13.0. The highest BCUT2D eigenvalue weighted by Gasteiger charge is 2.56. The summed E-state index contributed by atoms with van der Waals surface area (Å²) < 4.78 is 0. The van der Waals surface area contributed by atoms with Crippen molar-refractivity contribution < 1.29 is 4.79 Å². The first-order valence-electron chi connectivity index (χ1n) is 11.2. The fourth-order valence-corrected chi connectivity index (χ4v) is 5.66. The van der Waals surface area contributed by atoms with E-state index < -0.39 is 0 Å². The summed E-state index contributed by atoms with van der Waals surface area (Å²) in [5, 5.41) is 0. The van der Waals surface area contributed by atoms with Gasteiger partial charge >= 0.3 is 0 Å². The molecule has 29 heavy (non-hydrogen) atoms. The van der Waals surface area contributed by atoms with Crippen molar-refractivity contribution in [1.82, 2.24) is 0 Å². The number of hydrogen-bond donors (Lipinski definition) is 0. The summed E-state index contributed by atoms with van der Waals surface area (Å²) in [6, 6.07) is 21.3. The lowest BCUT2D eigenvalue weighted by Crippen LogP contribution is -2.27. The molecule has 1 heteroatoms. The van der Waals surface area contributed by atoms with Crippen LogP contribution in [0, 0.1) is 11.3 Å². The van der Waals surface area contributed by atoms with E-state index in [1.165, 1.54) is 48.0 Å². The number of Topliss-reactive ketones (excluding diaryl/α,β-unsaturated/α-hetero) is 1. The van der Waals surface area contributed by atoms with Gasteiger partial charge in [-0.2, -0.15) is 0 Å². The third-order valence-corrected chi connectivity index (χ3v) is 7.05. The molecule has 2 atom stereocenters. The van der Waals surface area contributed by atoms with Crippen LogP contribution in [-0.4, -0.2) is 5.78 Å². The number of carbonyl (C=O) groups is 1. The predicted octanol–water partition coefficient (Wildman–Crippen LogP) is 7.49. The van der Waals surface area contributed by atoms with Gasteiger partial charge < -0.3 is 0 Å². The summed E-state index contributed by atoms with van der Waals surface area (Å²) in [6.45, 7) is 6.86. The third-order valence-electron chi connectivity index (χ3n) is 7.05. The first-order valence-corrected chi connectivity index (χ1v) is 11.2. The molecular formula is C28H32O. The number of rotatable bonds is 8. The van der Waals surface area contributed by atoms with Crippen LogP contribution in [0.3, 0.4) is 0 Å². The van der Waals surface area contributed by atoms with Gasteiger partial charge in [-0.25, -0.2) is 0 Å². The molecule has 2 aromatic carbocycles. The zero-order chi connectivity index (χ0) is 20.3. The molecule has 0 aromatic heterocycles. The van der Waals surface area contributed by atoms with Gasteiger partial charge in [0.1, 0.15) is 5.78 Å². The number of hydrogen-bond acceptors (Lipinski definition) is 1. The van der Waals surface area contributed by atoms with Crippen LogP contribution < -0.4 is 0 Å². The van der Waals surface area contributed by atoms with E-state index in [1.54, 1.807) is 0 Å². The molecule has 0 N–H and O–H groups in total. The average Bonchev–Trinajstić information content (AvgIpc) is 3.27. The minimum absolute atomic E-state index is 0.0617. The summed E-state index contributed by atoms with van der Waals surface area (Å²) in [5.74, 6) is 0.491. The van der Waals surface area contributed by atoms with Crippen molar-refractivity contribution >= 4 is 16.9 Å². The summed E-state index contributed by atoms with van der Waals surface area (Å²) in [5.41, 5.74) is 6.28. The van der Waals surface area contributed by atoms with Crippen molar-refractivity contribution in [3.05, 3.63) is 83.9 Å². The quantitative estimate of drug-likeness (QED) is 0.431. The Bertz CT molecular complexity index is 906. The lowest BCUT2D eigenvalue weighted by atomic mass is 9.66. The fraction of sp³-hybridized carbons (Fsp3) is 0.393. The van der Waals surface area contributed by atoms with E-state index in [0.717, 1.165) is 24.8 Å². The summed E-state index contributed by atoms with van der Waals surface area (Å²) >= 11 is 0. The molecule has 0 saturated heterocycles. The van der Waals surface area contributed by atoms with E-state index in [1.807, 2.05) is 6.07 Å². The highest BCUT2D eigenvalue weighted by molar-refractivity contribution is 6.00. The van der Waals surface area contributed by atoms with Crippen molar-refractivity contribution in [2.24, 2.45) is 11.3 Å². The minimum Gasteiger partial charge on any atom is -0.299 e. The molecule has 0 heterocycles. The van der Waals surface area contributed by atoms with E-state index in [9.17, 15) is 4.79 Å². The van der Waals surface area contributed by atoms with Crippen molar-refractivity contribution in [1.29, 1.82) is 0 Å². The maximum Gasteiger partial charge on any atom is 0.137 e. The first kappa shape index (κ1) is 19.9. The van der Waals surface area contributed by atoms with Gasteiger partial charge in [0.25, 0.3) is 0 Å². The Hall–Kier alpha value is -2.41. The Labute approximate surface area is 175 Å². The molecule has 2 aliphatic carbocycles. The van der Waals surface area contributed by atoms with Gasteiger partial charge in [0, 0.05) is 17.8 Å². The number of ketones is 1. The first-order chi connectivity index (χ1) is 14.2. The summed E-state index contributed by atoms with van der Waals surface area (Å²) in [7, 11) is 0. The van der Waals surface area contributed by atoms with Gasteiger partial charge in [-0.15, -0.1) is 0 Å². The van der Waals surface area contributed by atoms with Gasteiger partial charge in [0.05, 0.1) is 0 Å². The number of benzene rings is 2. The van der Waals surface area contributed by atoms with Gasteiger partial charge in [-0.3, -0.25) is 4.79 Å². The second kappa shape index (κ2) is 8.53. The highest BCUT2D eigenvalue weighted by Crippen LogP contribution is 2.65. The molecule has 0 spiro atoms. The van der Waals surface area contributed by atoms with Crippen molar-refractivity contribution in [2.75, 3.05) is 0 Å². The predicted molar refractivity (Wildman–Crippen MR) is 122 cm³/mol. The molecule has 1 nitrogen and oxygen atoms in total. The highest BCUT2D eigenvalue weighted by atomic mass is 16.1. The molecule has 0 radical (unpaired) electrons. The SMILES string of the molecule is C=C(c1ccccc1)[C@@]12CCC(=O)C1CC(CCCCCC)=C2c1ccccc1. The van der Waals surface area contributed by atoms with E-state index >= 15 is 0 Å². The number of fused-ring (bicyclic) bond motifs is 1. The van der Waals surface area contributed by atoms with Crippen molar-refractivity contribution in [3.63, 3.8) is 0 Å². The summed E-state index contributed by atoms with van der Waals surface area (Å²) in [6.07, 6.45) is 8.63. The monoisotopic (exact) mass is 384 g/mol. The van der Waals surface area contributed by atoms with Crippen LogP contribution in [0.2, 0.25) is 0 Å². The molecule has 4 rings (SSSR count). The molecule has 1 fully saturated rings. The van der Waals surface area contributed by atoms with E-state index in [4.69, 9.17) is 0 Å². The van der Waals surface area contributed by atoms with Crippen LogP contribution in [0.15, 0.2) is 72.8 Å². The minimum atomic E-state index is -0.236. The topological polar surface area (TPSA) is 17.1 Å². The fourth-order valence-electron chi connectivity index (χ4n) is 5.66. The molecule has 0 bridgehead atoms. The van der Waals surface area contributed by atoms with Crippen LogP contribution in [0.25, 0.3) is 11.1 Å². The van der Waals surface area contributed by atoms with E-state index in [0.29, 0.717) is 12.2 Å². The number of carbonyl (C=O) groups excluding carboxylic acids is 1. The zero-order valence-electron chi connectivity index (χ0n) is 17.6. The van der Waals surface area contributed by atoms with Gasteiger partial charge in [-0.05, 0) is 48.0 Å². The molecule has 0 amide bonds. The lowest BCUT2D eigenvalue weighted by Gasteiger charge is -2.35. The van der Waals surface area contributed by atoms with Gasteiger partial charge in [-0.1, -0.05) is 99.0 Å². The standard InChI is InChI=1S/C28H32O/c1-3-4-5-8-17-24-20-25-26(29)18-19-28(25,21(2)22-13-9-6-10-14-22)27(24)23-15-11-7-12-16-23/h6-7,9-16,25H,2-5,8,17-20H2,1H3/t25?,28-/m0/s1. The Balaban J connectivity index is 1.81. The average molecular weight is 385 g/mol. The number of allylic oxidation sites excluding steroid dienone is 3. The molecule has 1 saturated carbocycles. The van der Waals surface area contributed by atoms with Crippen LogP contribution in [0.5, 0.6) is 0 Å². The molecule has 1 unspecified atom stereocenters. The lowest BCUT2D eigenvalue weighted by molar-refractivity contribution is -0.121. The zero-order valence-corrected chi connectivity index (χ0v) is 17.6. The Morgan fingerprint density at radius 3 is 2.38 bits per heavy atom. The van der Waals surface area contributed by atoms with E-state index in [2.05, 4.69) is 68.1 Å². The maximum atomic E-state index is 13.0. The van der Waals surface area contributed by atoms with Crippen LogP contribution in [0.4, 0.5) is 0 Å². The number of unbranched alkanes of at least 4 members (excludes halogenated alkanes) is 3. The van der Waals surface area contributed by atoms with Gasteiger partial charge in [0.15, 0.2) is 0 Å². The Morgan fingerprint density at radius 2 is 1.69 bits per heavy atom. The molecule has 150 valence electrons. The van der Waals surface area contributed by atoms with Gasteiger partial charge in [0.2, 0.25) is 0 Å². The Morgan fingerprint density at radius 1 is 1.00 bits per heavy atom. The second-order valence-electron chi connectivity index (χ2n) is 8.69. The molecule has 0 aliphatic heterocycles. The molecule has 2 aromatic rings. The molecular weight excluding hydrogens is 352 g/mol. The normalized spacial score (nSPS) is 23.5. The maximum absolute atomic E-state index is 13.0. The van der Waals surface area contributed by atoms with E-state index in [-0.39, 0.29) is 11.3 Å². The molecule has 2 aliphatic rings. The van der Waals surface area contributed by atoms with Crippen LogP contribution >= 0.6 is 0 Å². The van der Waals surface area contributed by atoms with Crippen molar-refractivity contribution in [3.8, 4) is 0 Å². The third kappa shape index (κ3) is 3.52. The van der Waals surface area contributed by atoms with Crippen molar-refractivity contribution in [2.45, 2.75) is 58.3 Å². The van der Waals surface area contributed by atoms with Crippen LogP contribution in [0.1, 0.15) is 69.4 Å². The Kier molecular flexibility index (Phi) is 5.85. The smallest absolute Gasteiger partial charge is 0.137 e. The van der Waals surface area contributed by atoms with Crippen LogP contribution in [-0.2, 0) is 4.79 Å². The second-order valence-corrected chi connectivity index (χ2v) is 8.69.